The summed E-state index contributed by atoms with van der Waals surface area (Å²) in [4.78, 5) is 11.9. The highest BCUT2D eigenvalue weighted by molar-refractivity contribution is 5.81. The highest BCUT2D eigenvalue weighted by Crippen LogP contribution is 2.21. The van der Waals surface area contributed by atoms with Gasteiger partial charge in [-0.15, -0.1) is 0 Å². The maximum Gasteiger partial charge on any atom is 0.277 e. The SMILES string of the molecule is Cc1ccc(/C=N\NC(=O)COc2ccccc2Cc2ccccc2)o1. The van der Waals surface area contributed by atoms with E-state index in [2.05, 4.69) is 22.7 Å². The molecule has 0 aliphatic carbocycles. The lowest BCUT2D eigenvalue weighted by Gasteiger charge is -2.10. The molecule has 5 nitrogen and oxygen atoms in total. The van der Waals surface area contributed by atoms with Gasteiger partial charge in [-0.1, -0.05) is 48.5 Å². The van der Waals surface area contributed by atoms with E-state index in [9.17, 15) is 4.79 Å². The summed E-state index contributed by atoms with van der Waals surface area (Å²) in [6, 6.07) is 21.4. The van der Waals surface area contributed by atoms with Gasteiger partial charge in [-0.25, -0.2) is 5.43 Å². The number of nitrogens with one attached hydrogen (secondary N) is 1. The average molecular weight is 348 g/mol. The van der Waals surface area contributed by atoms with Crippen LogP contribution in [0.1, 0.15) is 22.6 Å². The number of hydrazone groups is 1. The number of para-hydroxylation sites is 1. The van der Waals surface area contributed by atoms with E-state index in [1.54, 1.807) is 6.07 Å². The van der Waals surface area contributed by atoms with Crippen molar-refractivity contribution in [3.63, 3.8) is 0 Å². The van der Waals surface area contributed by atoms with Gasteiger partial charge in [0.05, 0.1) is 6.21 Å². The molecule has 0 fully saturated rings. The second-order valence-corrected chi connectivity index (χ2v) is 5.80. The molecule has 1 N–H and O–H groups in total. The maximum absolute atomic E-state index is 11.9. The molecule has 0 aliphatic heterocycles. The first-order valence-electron chi connectivity index (χ1n) is 8.34. The van der Waals surface area contributed by atoms with Crippen LogP contribution < -0.4 is 10.2 Å². The molecule has 0 saturated heterocycles. The number of ether oxygens (including phenoxy) is 1. The maximum atomic E-state index is 11.9. The third kappa shape index (κ3) is 5.08. The van der Waals surface area contributed by atoms with Crippen LogP contribution in [0.5, 0.6) is 5.75 Å². The lowest BCUT2D eigenvalue weighted by molar-refractivity contribution is -0.123. The van der Waals surface area contributed by atoms with Gasteiger partial charge in [-0.2, -0.15) is 5.10 Å². The first kappa shape index (κ1) is 17.5. The minimum Gasteiger partial charge on any atom is -0.483 e. The number of furan rings is 1. The van der Waals surface area contributed by atoms with Gasteiger partial charge in [0.1, 0.15) is 17.3 Å². The van der Waals surface area contributed by atoms with Crippen LogP contribution in [0, 0.1) is 6.92 Å². The van der Waals surface area contributed by atoms with E-state index < -0.39 is 0 Å². The average Bonchev–Trinajstić information content (AvgIpc) is 3.07. The second kappa shape index (κ2) is 8.67. The Kier molecular flexibility index (Phi) is 5.83. The van der Waals surface area contributed by atoms with Crippen LogP contribution in [0.25, 0.3) is 0 Å². The minimum absolute atomic E-state index is 0.111. The number of benzene rings is 2. The van der Waals surface area contributed by atoms with Crippen molar-refractivity contribution in [1.29, 1.82) is 0 Å². The van der Waals surface area contributed by atoms with Crippen molar-refractivity contribution in [1.82, 2.24) is 5.43 Å². The normalized spacial score (nSPS) is 10.8. The van der Waals surface area contributed by atoms with Crippen LogP contribution in [-0.2, 0) is 11.2 Å². The predicted molar refractivity (Wildman–Crippen MR) is 100 cm³/mol. The minimum atomic E-state index is -0.334. The Morgan fingerprint density at radius 1 is 1.08 bits per heavy atom. The molecule has 0 radical (unpaired) electrons. The molecular weight excluding hydrogens is 328 g/mol. The molecule has 0 aliphatic rings. The summed E-state index contributed by atoms with van der Waals surface area (Å²) >= 11 is 0. The Morgan fingerprint density at radius 2 is 1.85 bits per heavy atom. The fraction of sp³-hybridized carbons (Fsp3) is 0.143. The van der Waals surface area contributed by atoms with Crippen LogP contribution in [0.15, 0.2) is 76.2 Å². The summed E-state index contributed by atoms with van der Waals surface area (Å²) in [6.07, 6.45) is 2.20. The van der Waals surface area contributed by atoms with E-state index in [0.29, 0.717) is 11.5 Å². The van der Waals surface area contributed by atoms with Gasteiger partial charge >= 0.3 is 0 Å². The first-order valence-corrected chi connectivity index (χ1v) is 8.34. The number of carbonyl (C=O) groups excluding carboxylic acids is 1. The molecule has 1 amide bonds. The van der Waals surface area contributed by atoms with Crippen LogP contribution >= 0.6 is 0 Å². The zero-order valence-corrected chi connectivity index (χ0v) is 14.5. The van der Waals surface area contributed by atoms with Gasteiger partial charge in [0.15, 0.2) is 6.61 Å². The Balaban J connectivity index is 1.54. The standard InChI is InChI=1S/C21H20N2O3/c1-16-11-12-19(26-16)14-22-23-21(24)15-25-20-10-6-5-9-18(20)13-17-7-3-2-4-8-17/h2-12,14H,13,15H2,1H3,(H,23,24)/b22-14-. The zero-order valence-electron chi connectivity index (χ0n) is 14.5. The summed E-state index contributed by atoms with van der Waals surface area (Å²) in [5.74, 6) is 1.73. The molecule has 2 aromatic carbocycles. The van der Waals surface area contributed by atoms with Crippen molar-refractivity contribution in [2.24, 2.45) is 5.10 Å². The smallest absolute Gasteiger partial charge is 0.277 e. The third-order valence-corrected chi connectivity index (χ3v) is 3.71. The molecule has 0 bridgehead atoms. The number of nitrogens with zero attached hydrogens (tertiary/aromatic N) is 1. The number of amides is 1. The molecule has 0 spiro atoms. The Labute approximate surface area is 152 Å². The van der Waals surface area contributed by atoms with Gasteiger partial charge in [-0.05, 0) is 36.2 Å². The highest BCUT2D eigenvalue weighted by Gasteiger charge is 2.07. The lowest BCUT2D eigenvalue weighted by Crippen LogP contribution is -2.24. The van der Waals surface area contributed by atoms with Crippen molar-refractivity contribution in [2.45, 2.75) is 13.3 Å². The Bertz CT molecular complexity index is 885. The lowest BCUT2D eigenvalue weighted by atomic mass is 10.0. The van der Waals surface area contributed by atoms with Crippen molar-refractivity contribution < 1.29 is 13.9 Å². The summed E-state index contributed by atoms with van der Waals surface area (Å²) in [5, 5.41) is 3.86. The van der Waals surface area contributed by atoms with Crippen molar-refractivity contribution >= 4 is 12.1 Å². The molecular formula is C21H20N2O3. The van der Waals surface area contributed by atoms with Gasteiger partial charge in [0.2, 0.25) is 0 Å². The van der Waals surface area contributed by atoms with Crippen molar-refractivity contribution in [3.05, 3.63) is 89.4 Å². The van der Waals surface area contributed by atoms with Gasteiger partial charge in [-0.3, -0.25) is 4.79 Å². The van der Waals surface area contributed by atoms with Crippen molar-refractivity contribution in [2.75, 3.05) is 6.61 Å². The van der Waals surface area contributed by atoms with Crippen LogP contribution in [0.4, 0.5) is 0 Å². The van der Waals surface area contributed by atoms with Crippen LogP contribution in [0.3, 0.4) is 0 Å². The second-order valence-electron chi connectivity index (χ2n) is 5.80. The van der Waals surface area contributed by atoms with Crippen LogP contribution in [0.2, 0.25) is 0 Å². The van der Waals surface area contributed by atoms with E-state index >= 15 is 0 Å². The molecule has 0 saturated carbocycles. The van der Waals surface area contributed by atoms with E-state index in [0.717, 1.165) is 17.7 Å². The zero-order chi connectivity index (χ0) is 18.2. The van der Waals surface area contributed by atoms with Gasteiger partial charge < -0.3 is 9.15 Å². The van der Waals surface area contributed by atoms with Crippen molar-refractivity contribution in [3.8, 4) is 5.75 Å². The van der Waals surface area contributed by atoms with E-state index in [1.807, 2.05) is 55.5 Å². The molecule has 1 heterocycles. The monoisotopic (exact) mass is 348 g/mol. The summed E-state index contributed by atoms with van der Waals surface area (Å²) < 4.78 is 11.0. The fourth-order valence-electron chi connectivity index (χ4n) is 2.47. The van der Waals surface area contributed by atoms with E-state index in [-0.39, 0.29) is 12.5 Å². The molecule has 5 heteroatoms. The van der Waals surface area contributed by atoms with E-state index in [1.165, 1.54) is 11.8 Å². The Hall–Kier alpha value is -3.34. The first-order chi connectivity index (χ1) is 12.7. The molecule has 3 aromatic rings. The highest BCUT2D eigenvalue weighted by atomic mass is 16.5. The summed E-state index contributed by atoms with van der Waals surface area (Å²) in [5.41, 5.74) is 4.64. The number of hydrogen-bond donors (Lipinski definition) is 1. The number of aryl methyl sites for hydroxylation is 1. The number of rotatable bonds is 7. The van der Waals surface area contributed by atoms with Gasteiger partial charge in [0, 0.05) is 6.42 Å². The predicted octanol–water partition coefficient (Wildman–Crippen LogP) is 3.71. The Morgan fingerprint density at radius 3 is 2.62 bits per heavy atom. The molecule has 132 valence electrons. The largest absolute Gasteiger partial charge is 0.483 e. The summed E-state index contributed by atoms with van der Waals surface area (Å²) in [7, 11) is 0. The quantitative estimate of drug-likeness (QED) is 0.523. The van der Waals surface area contributed by atoms with Crippen LogP contribution in [-0.4, -0.2) is 18.7 Å². The topological polar surface area (TPSA) is 63.8 Å². The molecule has 0 unspecified atom stereocenters. The molecule has 1 aromatic heterocycles. The fourth-order valence-corrected chi connectivity index (χ4v) is 2.47. The van der Waals surface area contributed by atoms with E-state index in [4.69, 9.17) is 9.15 Å². The molecule has 3 rings (SSSR count). The summed E-state index contributed by atoms with van der Waals surface area (Å²) in [6.45, 7) is 1.73. The van der Waals surface area contributed by atoms with Gasteiger partial charge in [0.25, 0.3) is 5.91 Å². The molecule has 0 atom stereocenters. The number of hydrogen-bond acceptors (Lipinski definition) is 4. The molecule has 26 heavy (non-hydrogen) atoms. The number of carbonyl (C=O) groups is 1. The third-order valence-electron chi connectivity index (χ3n) is 3.71.